The molecular formula is C19H26O3. The van der Waals surface area contributed by atoms with Gasteiger partial charge in [-0.05, 0) is 54.9 Å². The number of benzene rings is 1. The van der Waals surface area contributed by atoms with Gasteiger partial charge in [0.2, 0.25) is 0 Å². The van der Waals surface area contributed by atoms with Crippen molar-refractivity contribution < 1.29 is 15.0 Å². The van der Waals surface area contributed by atoms with Gasteiger partial charge < -0.3 is 10.2 Å². The van der Waals surface area contributed by atoms with Crippen molar-refractivity contribution in [1.82, 2.24) is 0 Å². The lowest BCUT2D eigenvalue weighted by Gasteiger charge is -2.31. The minimum absolute atomic E-state index is 0.0190. The molecular weight excluding hydrogens is 276 g/mol. The van der Waals surface area contributed by atoms with E-state index in [0.29, 0.717) is 11.5 Å². The SMILES string of the molecule is CCCCC/C=C\[C@@H]1CCc2ccc(C(=O)O)cc2[C@@H]1CO. The molecule has 1 aromatic carbocycles. The summed E-state index contributed by atoms with van der Waals surface area (Å²) in [5.41, 5.74) is 2.50. The second-order valence-corrected chi connectivity index (χ2v) is 6.13. The Hall–Kier alpha value is -1.61. The number of aliphatic hydroxyl groups is 1. The molecule has 3 heteroatoms. The number of carboxylic acids is 1. The molecule has 0 radical (unpaired) electrons. The van der Waals surface area contributed by atoms with Crippen LogP contribution in [-0.2, 0) is 6.42 Å². The summed E-state index contributed by atoms with van der Waals surface area (Å²) in [6.45, 7) is 2.27. The molecule has 0 fully saturated rings. The number of aryl methyl sites for hydroxylation is 1. The van der Waals surface area contributed by atoms with Crippen LogP contribution >= 0.6 is 0 Å². The minimum atomic E-state index is -0.906. The van der Waals surface area contributed by atoms with E-state index in [2.05, 4.69) is 19.1 Å². The van der Waals surface area contributed by atoms with Crippen LogP contribution in [0.25, 0.3) is 0 Å². The Morgan fingerprint density at radius 1 is 1.36 bits per heavy atom. The van der Waals surface area contributed by atoms with Crippen LogP contribution in [0.2, 0.25) is 0 Å². The van der Waals surface area contributed by atoms with Gasteiger partial charge in [0.1, 0.15) is 0 Å². The highest BCUT2D eigenvalue weighted by atomic mass is 16.4. The summed E-state index contributed by atoms with van der Waals surface area (Å²) in [6, 6.07) is 5.31. The van der Waals surface area contributed by atoms with Crippen LogP contribution in [0.5, 0.6) is 0 Å². The Morgan fingerprint density at radius 2 is 2.18 bits per heavy atom. The standard InChI is InChI=1S/C19H26O3/c1-2-3-4-5-6-7-14-8-9-15-10-11-16(19(21)22)12-17(15)18(14)13-20/h6-7,10-12,14,18,20H,2-5,8-9,13H2,1H3,(H,21,22)/b7-6-/t14-,18-/m1/s1. The molecule has 0 aliphatic heterocycles. The van der Waals surface area contributed by atoms with Crippen molar-refractivity contribution >= 4 is 5.97 Å². The largest absolute Gasteiger partial charge is 0.478 e. The van der Waals surface area contributed by atoms with E-state index in [1.807, 2.05) is 6.07 Å². The van der Waals surface area contributed by atoms with Crippen molar-refractivity contribution in [3.05, 3.63) is 47.0 Å². The average Bonchev–Trinajstić information content (AvgIpc) is 2.53. The summed E-state index contributed by atoms with van der Waals surface area (Å²) in [7, 11) is 0. The highest BCUT2D eigenvalue weighted by molar-refractivity contribution is 5.88. The normalized spacial score (nSPS) is 21.0. The Balaban J connectivity index is 2.13. The molecule has 0 amide bonds. The molecule has 0 aromatic heterocycles. The molecule has 120 valence electrons. The van der Waals surface area contributed by atoms with Crippen molar-refractivity contribution in [1.29, 1.82) is 0 Å². The van der Waals surface area contributed by atoms with Gasteiger partial charge in [-0.3, -0.25) is 0 Å². The van der Waals surface area contributed by atoms with Crippen molar-refractivity contribution in [2.45, 2.75) is 51.4 Å². The molecule has 1 aliphatic rings. The lowest BCUT2D eigenvalue weighted by atomic mass is 9.74. The van der Waals surface area contributed by atoms with E-state index in [4.69, 9.17) is 5.11 Å². The van der Waals surface area contributed by atoms with Crippen LogP contribution in [0.15, 0.2) is 30.4 Å². The lowest BCUT2D eigenvalue weighted by Crippen LogP contribution is -2.22. The summed E-state index contributed by atoms with van der Waals surface area (Å²) in [6.07, 6.45) is 11.2. The third kappa shape index (κ3) is 3.98. The molecule has 0 bridgehead atoms. The molecule has 2 atom stereocenters. The number of hydrogen-bond donors (Lipinski definition) is 2. The van der Waals surface area contributed by atoms with E-state index < -0.39 is 5.97 Å². The number of aromatic carboxylic acids is 1. The first-order valence-corrected chi connectivity index (χ1v) is 8.31. The van der Waals surface area contributed by atoms with Crippen molar-refractivity contribution in [2.75, 3.05) is 6.61 Å². The predicted octanol–water partition coefficient (Wildman–Crippen LogP) is 4.16. The molecule has 0 saturated carbocycles. The van der Waals surface area contributed by atoms with Crippen LogP contribution in [0.4, 0.5) is 0 Å². The fourth-order valence-electron chi connectivity index (χ4n) is 3.30. The monoisotopic (exact) mass is 302 g/mol. The van der Waals surface area contributed by atoms with Crippen LogP contribution < -0.4 is 0 Å². The third-order valence-corrected chi connectivity index (χ3v) is 4.61. The lowest BCUT2D eigenvalue weighted by molar-refractivity contribution is 0.0696. The Bertz CT molecular complexity index is 533. The summed E-state index contributed by atoms with van der Waals surface area (Å²) < 4.78 is 0. The topological polar surface area (TPSA) is 57.5 Å². The van der Waals surface area contributed by atoms with E-state index in [1.165, 1.54) is 24.8 Å². The zero-order valence-electron chi connectivity index (χ0n) is 13.3. The summed E-state index contributed by atoms with van der Waals surface area (Å²) in [5, 5.41) is 19.0. The van der Waals surface area contributed by atoms with Gasteiger partial charge in [-0.1, -0.05) is 38.0 Å². The molecule has 1 aliphatic carbocycles. The number of carbonyl (C=O) groups is 1. The van der Waals surface area contributed by atoms with Crippen molar-refractivity contribution in [2.24, 2.45) is 5.92 Å². The molecule has 0 saturated heterocycles. The van der Waals surface area contributed by atoms with Gasteiger partial charge in [-0.2, -0.15) is 0 Å². The van der Waals surface area contributed by atoms with E-state index in [9.17, 15) is 9.90 Å². The van der Waals surface area contributed by atoms with Crippen LogP contribution in [-0.4, -0.2) is 22.8 Å². The molecule has 0 heterocycles. The molecule has 0 unspecified atom stereocenters. The summed E-state index contributed by atoms with van der Waals surface area (Å²) >= 11 is 0. The van der Waals surface area contributed by atoms with Gasteiger partial charge in [0.15, 0.2) is 0 Å². The highest BCUT2D eigenvalue weighted by Gasteiger charge is 2.28. The van der Waals surface area contributed by atoms with Crippen LogP contribution in [0.3, 0.4) is 0 Å². The second kappa shape index (κ2) is 8.14. The number of unbranched alkanes of at least 4 members (excludes halogenated alkanes) is 3. The summed E-state index contributed by atoms with van der Waals surface area (Å²) in [4.78, 5) is 11.2. The first-order chi connectivity index (χ1) is 10.7. The van der Waals surface area contributed by atoms with Crippen molar-refractivity contribution in [3.63, 3.8) is 0 Å². The number of allylic oxidation sites excluding steroid dienone is 2. The minimum Gasteiger partial charge on any atom is -0.478 e. The van der Waals surface area contributed by atoms with Crippen molar-refractivity contribution in [3.8, 4) is 0 Å². The molecule has 3 nitrogen and oxygen atoms in total. The van der Waals surface area contributed by atoms with Gasteiger partial charge >= 0.3 is 5.97 Å². The first kappa shape index (κ1) is 16.8. The van der Waals surface area contributed by atoms with Gasteiger partial charge in [-0.15, -0.1) is 0 Å². The fourth-order valence-corrected chi connectivity index (χ4v) is 3.30. The Kier molecular flexibility index (Phi) is 6.20. The van der Waals surface area contributed by atoms with E-state index >= 15 is 0 Å². The second-order valence-electron chi connectivity index (χ2n) is 6.13. The molecule has 2 N–H and O–H groups in total. The average molecular weight is 302 g/mol. The van der Waals surface area contributed by atoms with Gasteiger partial charge in [0.25, 0.3) is 0 Å². The maximum absolute atomic E-state index is 11.2. The van der Waals surface area contributed by atoms with E-state index in [1.54, 1.807) is 12.1 Å². The Morgan fingerprint density at radius 3 is 2.86 bits per heavy atom. The van der Waals surface area contributed by atoms with Gasteiger partial charge in [-0.25, -0.2) is 4.79 Å². The number of carboxylic acid groups (broad SMARTS) is 1. The molecule has 2 rings (SSSR count). The molecule has 1 aromatic rings. The molecule has 0 spiro atoms. The highest BCUT2D eigenvalue weighted by Crippen LogP contribution is 2.37. The maximum atomic E-state index is 11.2. The number of aliphatic hydroxyl groups excluding tert-OH is 1. The first-order valence-electron chi connectivity index (χ1n) is 8.31. The van der Waals surface area contributed by atoms with Gasteiger partial charge in [0, 0.05) is 5.92 Å². The Labute approximate surface area is 132 Å². The van der Waals surface area contributed by atoms with Gasteiger partial charge in [0.05, 0.1) is 12.2 Å². The number of hydrogen-bond acceptors (Lipinski definition) is 2. The summed E-state index contributed by atoms with van der Waals surface area (Å²) in [5.74, 6) is -0.578. The third-order valence-electron chi connectivity index (χ3n) is 4.61. The molecule has 22 heavy (non-hydrogen) atoms. The smallest absolute Gasteiger partial charge is 0.335 e. The van der Waals surface area contributed by atoms with E-state index in [0.717, 1.165) is 24.8 Å². The number of rotatable bonds is 7. The van der Waals surface area contributed by atoms with Crippen LogP contribution in [0, 0.1) is 5.92 Å². The van der Waals surface area contributed by atoms with Crippen LogP contribution in [0.1, 0.15) is 66.4 Å². The zero-order chi connectivity index (χ0) is 15.9. The number of fused-ring (bicyclic) bond motifs is 1. The quantitative estimate of drug-likeness (QED) is 0.587. The maximum Gasteiger partial charge on any atom is 0.335 e. The predicted molar refractivity (Wildman–Crippen MR) is 88.3 cm³/mol. The zero-order valence-corrected chi connectivity index (χ0v) is 13.3. The fraction of sp³-hybridized carbons (Fsp3) is 0.526. The van der Waals surface area contributed by atoms with E-state index in [-0.39, 0.29) is 12.5 Å².